The second kappa shape index (κ2) is 24.1. The number of hydrogen-bond donors (Lipinski definition) is 4. The van der Waals surface area contributed by atoms with Crippen LogP contribution >= 0.6 is 0 Å². The van der Waals surface area contributed by atoms with Gasteiger partial charge in [0.15, 0.2) is 11.6 Å². The van der Waals surface area contributed by atoms with Crippen LogP contribution in [-0.2, 0) is 63.2 Å². The Morgan fingerprint density at radius 1 is 0.698 bits per heavy atom. The largest absolute Gasteiger partial charge is 2.00 e. The van der Waals surface area contributed by atoms with E-state index in [-0.39, 0.29) is 103 Å². The first-order chi connectivity index (χ1) is 17.1. The van der Waals surface area contributed by atoms with Gasteiger partial charge in [-0.25, -0.2) is 15.3 Å². The Balaban J connectivity index is -0.000000112. The molecule has 43 heavy (non-hydrogen) atoms. The molecule has 15 heteroatoms. The summed E-state index contributed by atoms with van der Waals surface area (Å²) in [6, 6.07) is 8.66. The van der Waals surface area contributed by atoms with E-state index in [1.54, 1.807) is 26.2 Å². The van der Waals surface area contributed by atoms with Gasteiger partial charge >= 0.3 is 63.2 Å². The molecule has 240 valence electrons. The van der Waals surface area contributed by atoms with Crippen LogP contribution in [0.25, 0.3) is 0 Å². The molecule has 0 aliphatic heterocycles. The SMILES string of the molecule is CC(=O)c1cc(C)n([C-](C)C)n1.Cc1cc(C(=N)N)nn1[C-](C)C.Cc1cc(C(N)=NN)nn1[C-](C)C.[CH3-].[CH3-].[CH3-].[W+2].[W+2].[W+2]. The van der Waals surface area contributed by atoms with Gasteiger partial charge in [-0.3, -0.25) is 10.2 Å². The summed E-state index contributed by atoms with van der Waals surface area (Å²) in [5, 5.41) is 23.1. The number of ketones is 1. The second-order valence-electron chi connectivity index (χ2n) is 9.07. The van der Waals surface area contributed by atoms with Crippen molar-refractivity contribution in [1.29, 1.82) is 5.41 Å². The van der Waals surface area contributed by atoms with Crippen LogP contribution in [0, 0.1) is 66.6 Å². The van der Waals surface area contributed by atoms with Crippen molar-refractivity contribution in [2.45, 2.75) is 69.2 Å². The molecule has 0 saturated heterocycles. The molecule has 3 heterocycles. The Kier molecular flexibility index (Phi) is 29.8. The topological polar surface area (TPSA) is 185 Å². The van der Waals surface area contributed by atoms with Gasteiger partial charge in [0.1, 0.15) is 22.9 Å². The van der Waals surface area contributed by atoms with Crippen LogP contribution in [0.15, 0.2) is 23.3 Å². The Labute approximate surface area is 302 Å². The van der Waals surface area contributed by atoms with Crippen molar-refractivity contribution in [3.05, 3.63) is 92.8 Å². The summed E-state index contributed by atoms with van der Waals surface area (Å²) in [6.07, 6.45) is 0. The van der Waals surface area contributed by atoms with Crippen molar-refractivity contribution in [1.82, 2.24) is 29.3 Å². The zero-order valence-electron chi connectivity index (χ0n) is 27.7. The van der Waals surface area contributed by atoms with Gasteiger partial charge in [0, 0.05) is 6.92 Å². The number of carbonyl (C=O) groups is 1. The molecule has 3 aromatic heterocycles. The molecule has 0 aliphatic carbocycles. The number of carbonyl (C=O) groups excluding carboxylic acids is 1. The van der Waals surface area contributed by atoms with Crippen LogP contribution in [0.1, 0.15) is 87.4 Å². The minimum absolute atomic E-state index is 0. The van der Waals surface area contributed by atoms with Crippen molar-refractivity contribution in [2.75, 3.05) is 0 Å². The average molecular weight is 1110 g/mol. The zero-order chi connectivity index (χ0) is 28.6. The van der Waals surface area contributed by atoms with Crippen LogP contribution in [-0.4, -0.2) is 46.8 Å². The van der Waals surface area contributed by atoms with Gasteiger partial charge in [0.25, 0.3) is 0 Å². The first-order valence-electron chi connectivity index (χ1n) is 11.6. The molecule has 0 bridgehead atoms. The van der Waals surface area contributed by atoms with Crippen molar-refractivity contribution < 1.29 is 68.0 Å². The molecule has 0 aromatic carbocycles. The average Bonchev–Trinajstić information content (AvgIpc) is 3.50. The summed E-state index contributed by atoms with van der Waals surface area (Å²) in [4.78, 5) is 10.9. The number of nitrogens with zero attached hydrogens (tertiary/aromatic N) is 7. The van der Waals surface area contributed by atoms with Crippen LogP contribution < -0.4 is 17.3 Å². The van der Waals surface area contributed by atoms with Crippen molar-refractivity contribution in [2.24, 2.45) is 22.4 Å². The smallest absolute Gasteiger partial charge is 0.400 e. The third-order valence-electron chi connectivity index (χ3n) is 4.97. The van der Waals surface area contributed by atoms with Crippen molar-refractivity contribution >= 4 is 17.5 Å². The number of nitrogen functional groups attached to an aromatic ring is 1. The van der Waals surface area contributed by atoms with Crippen molar-refractivity contribution in [3.8, 4) is 0 Å². The maximum atomic E-state index is 10.9. The van der Waals surface area contributed by atoms with E-state index in [2.05, 4.69) is 20.4 Å². The Bertz CT molecular complexity index is 1180. The molecule has 0 spiro atoms. The van der Waals surface area contributed by atoms with E-state index >= 15 is 0 Å². The number of aryl methyl sites for hydroxylation is 3. The molecule has 12 nitrogen and oxygen atoms in total. The molecular weight excluding hydrogens is 1060 g/mol. The molecule has 0 aliphatic rings. The third kappa shape index (κ3) is 15.8. The van der Waals surface area contributed by atoms with Crippen molar-refractivity contribution in [3.63, 3.8) is 0 Å². The van der Waals surface area contributed by atoms with E-state index in [9.17, 15) is 4.79 Å². The number of hydrogen-bond acceptors (Lipinski definition) is 7. The standard InChI is InChI=1S/C9H13N2O.C8H14N5.C8H13N4.3CH3.3W/c1-6(2)11-7(3)5-9(10-11)8(4)12;1-5(2)13-6(3)4-7(12-13)8(9)11-10;1-5(2)12-6(3)4-7(11-12)8(9)10;;;;;;/h5H,1-4H3;4H,10H2,1-3H3,(H2,9,11);4H,1-3H3,(H3,9,10);3*1H3;;;/q6*-1;3*+2. The summed E-state index contributed by atoms with van der Waals surface area (Å²) in [5.41, 5.74) is 15.5. The number of aromatic nitrogens is 6. The molecule has 0 radical (unpaired) electrons. The molecular formula is C28H49N11OW3. The summed E-state index contributed by atoms with van der Waals surface area (Å²) in [7, 11) is 0. The third-order valence-corrected chi connectivity index (χ3v) is 4.97. The molecule has 0 saturated carbocycles. The van der Waals surface area contributed by atoms with E-state index in [4.69, 9.17) is 22.7 Å². The van der Waals surface area contributed by atoms with Gasteiger partial charge in [-0.2, -0.15) is 5.10 Å². The number of nitrogens with one attached hydrogen (secondary N) is 1. The minimum Gasteiger partial charge on any atom is -0.400 e. The van der Waals surface area contributed by atoms with E-state index in [0.29, 0.717) is 17.1 Å². The number of Topliss-reactive ketones (excluding diaryl/α,β-unsaturated/α-hetero) is 1. The number of hydrazone groups is 1. The quantitative estimate of drug-likeness (QED) is 0.0711. The van der Waals surface area contributed by atoms with E-state index in [0.717, 1.165) is 35.2 Å². The monoisotopic (exact) mass is 1110 g/mol. The van der Waals surface area contributed by atoms with Crippen LogP contribution in [0.2, 0.25) is 0 Å². The fourth-order valence-electron chi connectivity index (χ4n) is 3.28. The number of rotatable bonds is 6. The molecule has 0 unspecified atom stereocenters. The first-order valence-corrected chi connectivity index (χ1v) is 11.6. The maximum Gasteiger partial charge on any atom is 2.00 e. The zero-order valence-corrected chi connectivity index (χ0v) is 36.5. The van der Waals surface area contributed by atoms with Gasteiger partial charge in [0.05, 0.1) is 0 Å². The molecule has 0 fully saturated rings. The number of nitrogens with two attached hydrogens (primary N) is 3. The van der Waals surface area contributed by atoms with Gasteiger partial charge in [-0.15, -0.1) is 35.2 Å². The molecule has 7 N–H and O–H groups in total. The predicted octanol–water partition coefficient (Wildman–Crippen LogP) is 4.24. The van der Waals surface area contributed by atoms with Crippen LogP contribution in [0.3, 0.4) is 0 Å². The normalized spacial score (nSPS) is 9.12. The Hall–Kier alpha value is -2.29. The minimum atomic E-state index is 0. The van der Waals surface area contributed by atoms with Crippen LogP contribution in [0.4, 0.5) is 0 Å². The summed E-state index contributed by atoms with van der Waals surface area (Å²) in [6.45, 7) is 19.1. The van der Waals surface area contributed by atoms with Crippen LogP contribution in [0.5, 0.6) is 0 Å². The summed E-state index contributed by atoms with van der Waals surface area (Å²) in [5.74, 6) is 5.32. The number of amidine groups is 2. The Morgan fingerprint density at radius 2 is 0.977 bits per heavy atom. The van der Waals surface area contributed by atoms with Gasteiger partial charge in [-0.05, 0) is 0 Å². The second-order valence-corrected chi connectivity index (χ2v) is 9.07. The maximum absolute atomic E-state index is 10.9. The summed E-state index contributed by atoms with van der Waals surface area (Å²) < 4.78 is 5.35. The first kappa shape index (κ1) is 53.3. The van der Waals surface area contributed by atoms with E-state index in [1.807, 2.05) is 68.4 Å². The Morgan fingerprint density at radius 3 is 1.19 bits per heavy atom. The fourth-order valence-corrected chi connectivity index (χ4v) is 3.28. The summed E-state index contributed by atoms with van der Waals surface area (Å²) >= 11 is 0. The molecule has 0 atom stereocenters. The van der Waals surface area contributed by atoms with E-state index < -0.39 is 0 Å². The van der Waals surface area contributed by atoms with E-state index in [1.165, 1.54) is 6.92 Å². The van der Waals surface area contributed by atoms with Gasteiger partial charge < -0.3 is 53.6 Å². The molecule has 0 amide bonds. The van der Waals surface area contributed by atoms with Gasteiger partial charge in [0.2, 0.25) is 0 Å². The predicted molar refractivity (Wildman–Crippen MR) is 166 cm³/mol. The fraction of sp³-hybridized carbons (Fsp3) is 0.357. The molecule has 3 rings (SSSR count). The molecule has 3 aromatic rings. The van der Waals surface area contributed by atoms with Gasteiger partial charge in [-0.1, -0.05) is 80.5 Å².